The van der Waals surface area contributed by atoms with Crippen molar-refractivity contribution in [1.82, 2.24) is 4.98 Å². The van der Waals surface area contributed by atoms with Gasteiger partial charge in [-0.1, -0.05) is 31.2 Å². The molecule has 1 rings (SSSR count). The lowest BCUT2D eigenvalue weighted by Crippen LogP contribution is -1.85. The van der Waals surface area contributed by atoms with E-state index in [1.807, 2.05) is 18.5 Å². The fourth-order valence-corrected chi connectivity index (χ4v) is 2.45. The standard InChI is InChI=1S/C14H19NS/c1-6-10(3)8-11(4)13(7-2)14-12(5)15-9-16-14/h7-9H,2,6H2,1,3-5H3/b10-8+,13-11+. The molecule has 0 bridgehead atoms. The lowest BCUT2D eigenvalue weighted by Gasteiger charge is -2.05. The lowest BCUT2D eigenvalue weighted by molar-refractivity contribution is 1.09. The average Bonchev–Trinajstić information content (AvgIpc) is 2.66. The normalized spacial score (nSPS) is 13.6. The Morgan fingerprint density at radius 2 is 2.19 bits per heavy atom. The van der Waals surface area contributed by atoms with Gasteiger partial charge in [-0.3, -0.25) is 0 Å². The van der Waals surface area contributed by atoms with E-state index in [4.69, 9.17) is 0 Å². The molecule has 0 fully saturated rings. The first-order valence-electron chi connectivity index (χ1n) is 5.51. The van der Waals surface area contributed by atoms with Crippen LogP contribution >= 0.6 is 11.3 Å². The minimum absolute atomic E-state index is 1.09. The molecule has 0 aliphatic rings. The summed E-state index contributed by atoms with van der Waals surface area (Å²) in [5.74, 6) is 0. The fourth-order valence-electron chi connectivity index (χ4n) is 1.54. The van der Waals surface area contributed by atoms with Gasteiger partial charge in [-0.2, -0.15) is 0 Å². The summed E-state index contributed by atoms with van der Waals surface area (Å²) in [6.07, 6.45) is 5.24. The molecule has 2 heteroatoms. The Morgan fingerprint density at radius 3 is 2.62 bits per heavy atom. The SMILES string of the molecule is C=C/C(=C(C)\C=C(/C)CC)c1scnc1C. The summed E-state index contributed by atoms with van der Waals surface area (Å²) in [4.78, 5) is 5.51. The molecule has 0 radical (unpaired) electrons. The van der Waals surface area contributed by atoms with E-state index in [9.17, 15) is 0 Å². The summed E-state index contributed by atoms with van der Waals surface area (Å²) < 4.78 is 0. The molecule has 0 N–H and O–H groups in total. The van der Waals surface area contributed by atoms with Crippen LogP contribution in [0.2, 0.25) is 0 Å². The molecule has 16 heavy (non-hydrogen) atoms. The molecule has 0 unspecified atom stereocenters. The van der Waals surface area contributed by atoms with Crippen LogP contribution in [0.4, 0.5) is 0 Å². The van der Waals surface area contributed by atoms with Crippen LogP contribution in [-0.4, -0.2) is 4.98 Å². The van der Waals surface area contributed by atoms with Gasteiger partial charge in [-0.05, 0) is 38.3 Å². The van der Waals surface area contributed by atoms with Crippen molar-refractivity contribution in [2.45, 2.75) is 34.1 Å². The number of aromatic nitrogens is 1. The van der Waals surface area contributed by atoms with Crippen LogP contribution in [0.15, 0.2) is 35.4 Å². The van der Waals surface area contributed by atoms with E-state index in [2.05, 4.69) is 38.4 Å². The number of hydrogen-bond acceptors (Lipinski definition) is 2. The highest BCUT2D eigenvalue weighted by atomic mass is 32.1. The van der Waals surface area contributed by atoms with E-state index < -0.39 is 0 Å². The molecule has 86 valence electrons. The fraction of sp³-hybridized carbons (Fsp3) is 0.357. The predicted octanol–water partition coefficient (Wildman–Crippen LogP) is 4.77. The first kappa shape index (κ1) is 12.9. The van der Waals surface area contributed by atoms with E-state index in [0.717, 1.165) is 12.1 Å². The van der Waals surface area contributed by atoms with Crippen LogP contribution in [0.5, 0.6) is 0 Å². The van der Waals surface area contributed by atoms with Crippen molar-refractivity contribution in [2.24, 2.45) is 0 Å². The number of aryl methyl sites for hydroxylation is 1. The highest BCUT2D eigenvalue weighted by molar-refractivity contribution is 7.11. The van der Waals surface area contributed by atoms with Crippen LogP contribution in [-0.2, 0) is 0 Å². The molecule has 1 aromatic heterocycles. The van der Waals surface area contributed by atoms with E-state index in [1.54, 1.807) is 11.3 Å². The second-order valence-corrected chi connectivity index (χ2v) is 4.77. The van der Waals surface area contributed by atoms with E-state index in [0.29, 0.717) is 0 Å². The van der Waals surface area contributed by atoms with Crippen molar-refractivity contribution in [1.29, 1.82) is 0 Å². The maximum atomic E-state index is 4.28. The Labute approximate surface area is 102 Å². The quantitative estimate of drug-likeness (QED) is 0.683. The Hall–Kier alpha value is -1.15. The molecule has 0 aliphatic heterocycles. The van der Waals surface area contributed by atoms with Crippen LogP contribution in [0.1, 0.15) is 37.8 Å². The highest BCUT2D eigenvalue weighted by Crippen LogP contribution is 2.27. The largest absolute Gasteiger partial charge is 0.249 e. The zero-order valence-corrected chi connectivity index (χ0v) is 11.3. The predicted molar refractivity (Wildman–Crippen MR) is 73.7 cm³/mol. The summed E-state index contributed by atoms with van der Waals surface area (Å²) in [6.45, 7) is 12.4. The summed E-state index contributed by atoms with van der Waals surface area (Å²) >= 11 is 1.68. The Bertz CT molecular complexity index is 435. The lowest BCUT2D eigenvalue weighted by atomic mass is 10.0. The van der Waals surface area contributed by atoms with Gasteiger partial charge < -0.3 is 0 Å². The molecule has 0 amide bonds. The smallest absolute Gasteiger partial charge is 0.0801 e. The van der Waals surface area contributed by atoms with E-state index in [-0.39, 0.29) is 0 Å². The molecule has 0 saturated carbocycles. The van der Waals surface area contributed by atoms with Gasteiger partial charge in [0, 0.05) is 0 Å². The Balaban J connectivity index is 3.21. The van der Waals surface area contributed by atoms with Gasteiger partial charge in [0.1, 0.15) is 0 Å². The molecule has 1 aromatic rings. The number of thiazole rings is 1. The number of rotatable bonds is 4. The van der Waals surface area contributed by atoms with E-state index >= 15 is 0 Å². The van der Waals surface area contributed by atoms with Crippen LogP contribution in [0, 0.1) is 6.92 Å². The first-order valence-corrected chi connectivity index (χ1v) is 6.39. The third-order valence-corrected chi connectivity index (χ3v) is 3.60. The van der Waals surface area contributed by atoms with Crippen molar-refractivity contribution in [3.63, 3.8) is 0 Å². The van der Waals surface area contributed by atoms with Crippen LogP contribution in [0.25, 0.3) is 5.57 Å². The summed E-state index contributed by atoms with van der Waals surface area (Å²) in [5.41, 5.74) is 6.83. The van der Waals surface area contributed by atoms with Crippen LogP contribution < -0.4 is 0 Å². The molecular weight excluding hydrogens is 214 g/mol. The second-order valence-electron chi connectivity index (χ2n) is 3.91. The van der Waals surface area contributed by atoms with Crippen molar-refractivity contribution in [2.75, 3.05) is 0 Å². The van der Waals surface area contributed by atoms with Crippen molar-refractivity contribution in [3.8, 4) is 0 Å². The zero-order valence-electron chi connectivity index (χ0n) is 10.5. The molecular formula is C14H19NS. The zero-order chi connectivity index (χ0) is 12.1. The summed E-state index contributed by atoms with van der Waals surface area (Å²) in [6, 6.07) is 0. The molecule has 0 aliphatic carbocycles. The molecule has 1 nitrogen and oxygen atoms in total. The Morgan fingerprint density at radius 1 is 1.50 bits per heavy atom. The molecule has 0 saturated heterocycles. The molecule has 0 spiro atoms. The highest BCUT2D eigenvalue weighted by Gasteiger charge is 2.07. The second kappa shape index (κ2) is 5.80. The number of allylic oxidation sites excluding steroid dienone is 5. The topological polar surface area (TPSA) is 12.9 Å². The maximum Gasteiger partial charge on any atom is 0.0801 e. The third kappa shape index (κ3) is 2.92. The monoisotopic (exact) mass is 233 g/mol. The van der Waals surface area contributed by atoms with Crippen LogP contribution in [0.3, 0.4) is 0 Å². The minimum Gasteiger partial charge on any atom is -0.249 e. The maximum absolute atomic E-state index is 4.28. The van der Waals surface area contributed by atoms with Crippen molar-refractivity contribution >= 4 is 16.9 Å². The number of nitrogens with zero attached hydrogens (tertiary/aromatic N) is 1. The minimum atomic E-state index is 1.09. The van der Waals surface area contributed by atoms with Crippen molar-refractivity contribution < 1.29 is 0 Å². The first-order chi connectivity index (χ1) is 7.60. The van der Waals surface area contributed by atoms with Gasteiger partial charge in [-0.15, -0.1) is 11.3 Å². The molecule has 1 heterocycles. The average molecular weight is 233 g/mol. The van der Waals surface area contributed by atoms with E-state index in [1.165, 1.54) is 21.6 Å². The Kier molecular flexibility index (Phi) is 4.69. The van der Waals surface area contributed by atoms with Gasteiger partial charge in [0.15, 0.2) is 0 Å². The summed E-state index contributed by atoms with van der Waals surface area (Å²) in [7, 11) is 0. The van der Waals surface area contributed by atoms with Crippen molar-refractivity contribution in [3.05, 3.63) is 46.0 Å². The van der Waals surface area contributed by atoms with Gasteiger partial charge in [-0.25, -0.2) is 4.98 Å². The van der Waals surface area contributed by atoms with Gasteiger partial charge in [0.25, 0.3) is 0 Å². The summed E-state index contributed by atoms with van der Waals surface area (Å²) in [5, 5.41) is 0. The third-order valence-electron chi connectivity index (χ3n) is 2.64. The van der Waals surface area contributed by atoms with Gasteiger partial charge in [0.05, 0.1) is 16.1 Å². The molecule has 0 atom stereocenters. The van der Waals surface area contributed by atoms with Gasteiger partial charge in [0.2, 0.25) is 0 Å². The molecule has 0 aromatic carbocycles. The number of hydrogen-bond donors (Lipinski definition) is 0. The van der Waals surface area contributed by atoms with Gasteiger partial charge >= 0.3 is 0 Å².